The first-order chi connectivity index (χ1) is 9.91. The summed E-state index contributed by atoms with van der Waals surface area (Å²) in [6.07, 6.45) is 0. The van der Waals surface area contributed by atoms with Gasteiger partial charge in [0.2, 0.25) is 6.54 Å². The number of rotatable bonds is 5. The predicted molar refractivity (Wildman–Crippen MR) is 79.4 cm³/mol. The van der Waals surface area contributed by atoms with Crippen molar-refractivity contribution in [3.8, 4) is 0 Å². The van der Waals surface area contributed by atoms with E-state index in [0.29, 0.717) is 5.56 Å². The van der Waals surface area contributed by atoms with Crippen molar-refractivity contribution in [3.63, 3.8) is 0 Å². The van der Waals surface area contributed by atoms with E-state index >= 15 is 0 Å². The van der Waals surface area contributed by atoms with E-state index in [4.69, 9.17) is 0 Å². The molecule has 0 aromatic heterocycles. The Labute approximate surface area is 123 Å². The molecule has 110 valence electrons. The van der Waals surface area contributed by atoms with Gasteiger partial charge in [-0.05, 0) is 24.6 Å². The number of benzene rings is 2. The fourth-order valence-electron chi connectivity index (χ4n) is 2.08. The summed E-state index contributed by atoms with van der Waals surface area (Å²) < 4.78 is 25.4. The lowest BCUT2D eigenvalue weighted by atomic mass is 10.1. The second-order valence-corrected chi connectivity index (χ2v) is 6.90. The van der Waals surface area contributed by atoms with Gasteiger partial charge in [0.05, 0.1) is 4.90 Å². The smallest absolute Gasteiger partial charge is 0.225 e. The molecule has 0 heterocycles. The third-order valence-electron chi connectivity index (χ3n) is 3.21. The van der Waals surface area contributed by atoms with E-state index in [-0.39, 0.29) is 4.90 Å². The van der Waals surface area contributed by atoms with E-state index in [1.165, 1.54) is 12.1 Å². The average Bonchev–Trinajstić information content (AvgIpc) is 2.46. The molecule has 21 heavy (non-hydrogen) atoms. The number of sulfone groups is 1. The van der Waals surface area contributed by atoms with Gasteiger partial charge in [-0.2, -0.15) is 0 Å². The minimum absolute atomic E-state index is 0.101. The summed E-state index contributed by atoms with van der Waals surface area (Å²) in [7, 11) is -3.81. The zero-order chi connectivity index (χ0) is 15.5. The van der Waals surface area contributed by atoms with E-state index in [2.05, 4.69) is 0 Å². The first-order valence-corrected chi connectivity index (χ1v) is 7.93. The van der Waals surface area contributed by atoms with Gasteiger partial charge in [0.1, 0.15) is 0 Å². The average molecular weight is 305 g/mol. The summed E-state index contributed by atoms with van der Waals surface area (Å²) >= 11 is 0. The topological polar surface area (TPSA) is 77.3 Å². The van der Waals surface area contributed by atoms with E-state index < -0.39 is 26.6 Å². The van der Waals surface area contributed by atoms with Crippen molar-refractivity contribution in [1.29, 1.82) is 0 Å². The van der Waals surface area contributed by atoms with Gasteiger partial charge >= 0.3 is 0 Å². The number of hydrogen-bond acceptors (Lipinski definition) is 4. The van der Waals surface area contributed by atoms with Gasteiger partial charge in [0, 0.05) is 4.92 Å². The molecule has 0 fully saturated rings. The van der Waals surface area contributed by atoms with Crippen molar-refractivity contribution in [3.05, 3.63) is 75.8 Å². The molecular formula is C15H15NO4S. The minimum atomic E-state index is -3.81. The molecule has 2 aromatic carbocycles. The maximum atomic E-state index is 12.7. The first-order valence-electron chi connectivity index (χ1n) is 6.38. The van der Waals surface area contributed by atoms with Crippen LogP contribution < -0.4 is 0 Å². The summed E-state index contributed by atoms with van der Waals surface area (Å²) in [6.45, 7) is 1.20. The zero-order valence-electron chi connectivity index (χ0n) is 11.5. The van der Waals surface area contributed by atoms with Crippen LogP contribution in [0.5, 0.6) is 0 Å². The highest BCUT2D eigenvalue weighted by atomic mass is 32.2. The predicted octanol–water partition coefficient (Wildman–Crippen LogP) is 2.79. The van der Waals surface area contributed by atoms with E-state index in [0.717, 1.165) is 5.56 Å². The fourth-order valence-corrected chi connectivity index (χ4v) is 3.76. The standard InChI is InChI=1S/C15H15NO4S/c1-12-7-9-14(10-8-12)21(19,20)15(11-16(17)18)13-5-3-2-4-6-13/h2-10,15H,11H2,1H3. The van der Waals surface area contributed by atoms with Crippen LogP contribution in [0, 0.1) is 17.0 Å². The van der Waals surface area contributed by atoms with Crippen molar-refractivity contribution in [2.45, 2.75) is 17.1 Å². The Morgan fingerprint density at radius 1 is 1.05 bits per heavy atom. The number of hydrogen-bond donors (Lipinski definition) is 0. The third-order valence-corrected chi connectivity index (χ3v) is 5.31. The number of nitro groups is 1. The van der Waals surface area contributed by atoms with Crippen molar-refractivity contribution >= 4 is 9.84 Å². The molecule has 0 saturated carbocycles. The van der Waals surface area contributed by atoms with E-state index in [1.54, 1.807) is 42.5 Å². The highest BCUT2D eigenvalue weighted by Crippen LogP contribution is 2.29. The summed E-state index contributed by atoms with van der Waals surface area (Å²) in [5, 5.41) is 9.67. The van der Waals surface area contributed by atoms with Crippen LogP contribution >= 0.6 is 0 Å². The summed E-state index contributed by atoms with van der Waals surface area (Å²) in [5.74, 6) is 0. The van der Waals surface area contributed by atoms with Crippen LogP contribution in [0.3, 0.4) is 0 Å². The van der Waals surface area contributed by atoms with Crippen molar-refractivity contribution in [2.24, 2.45) is 0 Å². The molecule has 0 aliphatic heterocycles. The van der Waals surface area contributed by atoms with Crippen LogP contribution in [0.25, 0.3) is 0 Å². The van der Waals surface area contributed by atoms with Crippen molar-refractivity contribution in [2.75, 3.05) is 6.54 Å². The van der Waals surface area contributed by atoms with Gasteiger partial charge in [-0.25, -0.2) is 8.42 Å². The third kappa shape index (κ3) is 3.46. The van der Waals surface area contributed by atoms with Crippen LogP contribution in [-0.2, 0) is 9.84 Å². The van der Waals surface area contributed by atoms with Crippen molar-refractivity contribution in [1.82, 2.24) is 0 Å². The van der Waals surface area contributed by atoms with Crippen LogP contribution in [0.1, 0.15) is 16.4 Å². The number of aryl methyl sites for hydroxylation is 1. The molecule has 2 aromatic rings. The molecule has 0 amide bonds. The fraction of sp³-hybridized carbons (Fsp3) is 0.200. The molecule has 1 unspecified atom stereocenters. The second kappa shape index (κ2) is 6.05. The van der Waals surface area contributed by atoms with Gasteiger partial charge < -0.3 is 0 Å². The van der Waals surface area contributed by atoms with Gasteiger partial charge in [-0.15, -0.1) is 0 Å². The summed E-state index contributed by atoms with van der Waals surface area (Å²) in [4.78, 5) is 10.4. The highest BCUT2D eigenvalue weighted by Gasteiger charge is 2.33. The molecule has 0 N–H and O–H groups in total. The molecule has 1 atom stereocenters. The lowest BCUT2D eigenvalue weighted by Crippen LogP contribution is -2.22. The highest BCUT2D eigenvalue weighted by molar-refractivity contribution is 7.91. The summed E-state index contributed by atoms with van der Waals surface area (Å²) in [6, 6.07) is 14.6. The summed E-state index contributed by atoms with van der Waals surface area (Å²) in [5.41, 5.74) is 1.36. The van der Waals surface area contributed by atoms with E-state index in [9.17, 15) is 18.5 Å². The number of nitrogens with zero attached hydrogens (tertiary/aromatic N) is 1. The molecule has 2 rings (SSSR count). The van der Waals surface area contributed by atoms with Crippen LogP contribution in [0.2, 0.25) is 0 Å². The Kier molecular flexibility index (Phi) is 4.37. The molecule has 0 bridgehead atoms. The molecule has 0 aliphatic rings. The maximum absolute atomic E-state index is 12.7. The quantitative estimate of drug-likeness (QED) is 0.628. The Bertz CT molecular complexity index is 724. The monoisotopic (exact) mass is 305 g/mol. The molecule has 5 nitrogen and oxygen atoms in total. The second-order valence-electron chi connectivity index (χ2n) is 4.77. The Morgan fingerprint density at radius 2 is 1.62 bits per heavy atom. The first kappa shape index (κ1) is 15.2. The van der Waals surface area contributed by atoms with Crippen LogP contribution in [-0.4, -0.2) is 19.9 Å². The van der Waals surface area contributed by atoms with Gasteiger partial charge in [0.15, 0.2) is 15.1 Å². The Hall–Kier alpha value is -2.21. The molecule has 0 radical (unpaired) electrons. The maximum Gasteiger partial charge on any atom is 0.225 e. The van der Waals surface area contributed by atoms with Crippen LogP contribution in [0.15, 0.2) is 59.5 Å². The Balaban J connectivity index is 2.49. The Morgan fingerprint density at radius 3 is 2.14 bits per heavy atom. The van der Waals surface area contributed by atoms with E-state index in [1.807, 2.05) is 6.92 Å². The molecule has 0 aliphatic carbocycles. The van der Waals surface area contributed by atoms with Gasteiger partial charge in [-0.3, -0.25) is 10.1 Å². The molecule has 0 saturated heterocycles. The lowest BCUT2D eigenvalue weighted by Gasteiger charge is -2.14. The molecular weight excluding hydrogens is 290 g/mol. The molecule has 0 spiro atoms. The molecule has 6 heteroatoms. The van der Waals surface area contributed by atoms with Crippen molar-refractivity contribution < 1.29 is 13.3 Å². The minimum Gasteiger partial charge on any atom is -0.264 e. The lowest BCUT2D eigenvalue weighted by molar-refractivity contribution is -0.479. The SMILES string of the molecule is Cc1ccc(S(=O)(=O)C(C[N+](=O)[O-])c2ccccc2)cc1. The van der Waals surface area contributed by atoms with Gasteiger partial charge in [-0.1, -0.05) is 48.0 Å². The van der Waals surface area contributed by atoms with Gasteiger partial charge in [0.25, 0.3) is 0 Å². The largest absolute Gasteiger partial charge is 0.264 e. The van der Waals surface area contributed by atoms with Crippen LogP contribution in [0.4, 0.5) is 0 Å². The zero-order valence-corrected chi connectivity index (χ0v) is 12.3. The normalized spacial score (nSPS) is 12.8.